The normalized spacial score (nSPS) is 10.6. The van der Waals surface area contributed by atoms with Crippen LogP contribution in [-0.2, 0) is 0 Å². The van der Waals surface area contributed by atoms with Crippen molar-refractivity contribution in [2.24, 2.45) is 0 Å². The van der Waals surface area contributed by atoms with Gasteiger partial charge in [-0.05, 0) is 12.5 Å². The Morgan fingerprint density at radius 2 is 1.83 bits per heavy atom. The predicted molar refractivity (Wildman–Crippen MR) is 74.5 cm³/mol. The summed E-state index contributed by atoms with van der Waals surface area (Å²) in [4.78, 5) is 0. The first-order valence-corrected chi connectivity index (χ1v) is 6.61. The van der Waals surface area contributed by atoms with Crippen LogP contribution in [0.2, 0.25) is 5.02 Å². The fourth-order valence-corrected chi connectivity index (χ4v) is 1.82. The second-order valence-electron chi connectivity index (χ2n) is 4.27. The maximum atomic E-state index is 13.7. The molecule has 0 aromatic heterocycles. The standard InChI is InChI=1S/C13H20ClFN2O/c1-2-3-4-5-6-7-18-13-10(17)8-9(16)11(14)12(13)15/h8H,2-7,16-17H2,1H3. The molecular weight excluding hydrogens is 255 g/mol. The lowest BCUT2D eigenvalue weighted by atomic mass is 10.2. The summed E-state index contributed by atoms with van der Waals surface area (Å²) in [5.41, 5.74) is 11.5. The van der Waals surface area contributed by atoms with Gasteiger partial charge in [-0.2, -0.15) is 0 Å². The van der Waals surface area contributed by atoms with E-state index in [1.165, 1.54) is 25.3 Å². The van der Waals surface area contributed by atoms with Gasteiger partial charge in [0.25, 0.3) is 0 Å². The summed E-state index contributed by atoms with van der Waals surface area (Å²) in [6, 6.07) is 1.41. The molecule has 1 rings (SSSR count). The minimum absolute atomic E-state index is 0.00434. The second kappa shape index (κ2) is 7.31. The maximum absolute atomic E-state index is 13.7. The largest absolute Gasteiger partial charge is 0.488 e. The Morgan fingerprint density at radius 1 is 1.17 bits per heavy atom. The molecule has 0 heterocycles. The van der Waals surface area contributed by atoms with Gasteiger partial charge in [-0.3, -0.25) is 0 Å². The molecular formula is C13H20ClFN2O. The van der Waals surface area contributed by atoms with Gasteiger partial charge < -0.3 is 16.2 Å². The van der Waals surface area contributed by atoms with E-state index in [1.807, 2.05) is 0 Å². The molecule has 1 aromatic carbocycles. The van der Waals surface area contributed by atoms with E-state index in [9.17, 15) is 4.39 Å². The quantitative estimate of drug-likeness (QED) is 0.584. The average molecular weight is 275 g/mol. The van der Waals surface area contributed by atoms with Crippen LogP contribution in [0.3, 0.4) is 0 Å². The molecule has 0 spiro atoms. The highest BCUT2D eigenvalue weighted by Gasteiger charge is 2.15. The molecule has 0 aliphatic rings. The molecule has 0 saturated carbocycles. The van der Waals surface area contributed by atoms with Gasteiger partial charge in [0.1, 0.15) is 5.02 Å². The first-order chi connectivity index (χ1) is 8.57. The molecule has 0 amide bonds. The third kappa shape index (κ3) is 3.95. The fourth-order valence-electron chi connectivity index (χ4n) is 1.68. The maximum Gasteiger partial charge on any atom is 0.187 e. The molecule has 0 aliphatic heterocycles. The number of hydrogen-bond donors (Lipinski definition) is 2. The van der Waals surface area contributed by atoms with Crippen LogP contribution >= 0.6 is 11.6 Å². The van der Waals surface area contributed by atoms with Gasteiger partial charge in [0.15, 0.2) is 11.6 Å². The molecule has 0 fully saturated rings. The number of anilines is 2. The summed E-state index contributed by atoms with van der Waals surface area (Å²) < 4.78 is 19.1. The lowest BCUT2D eigenvalue weighted by Crippen LogP contribution is -2.04. The van der Waals surface area contributed by atoms with Gasteiger partial charge in [-0.15, -0.1) is 0 Å². The number of rotatable bonds is 7. The Balaban J connectivity index is 2.50. The first kappa shape index (κ1) is 14.9. The Bertz CT molecular complexity index is 399. The van der Waals surface area contributed by atoms with E-state index in [4.69, 9.17) is 27.8 Å². The highest BCUT2D eigenvalue weighted by Crippen LogP contribution is 2.35. The number of nitrogens with two attached hydrogens (primary N) is 2. The number of benzene rings is 1. The summed E-state index contributed by atoms with van der Waals surface area (Å²) in [5, 5.41) is -0.134. The summed E-state index contributed by atoms with van der Waals surface area (Å²) in [6.07, 6.45) is 5.51. The summed E-state index contributed by atoms with van der Waals surface area (Å²) in [5.74, 6) is -0.674. The Morgan fingerprint density at radius 3 is 2.50 bits per heavy atom. The topological polar surface area (TPSA) is 61.3 Å². The highest BCUT2D eigenvalue weighted by atomic mass is 35.5. The Hall–Kier alpha value is -1.16. The van der Waals surface area contributed by atoms with Crippen LogP contribution in [0.15, 0.2) is 6.07 Å². The molecule has 0 aliphatic carbocycles. The van der Waals surface area contributed by atoms with Crippen molar-refractivity contribution in [3.8, 4) is 5.75 Å². The number of nitrogen functional groups attached to an aromatic ring is 2. The van der Waals surface area contributed by atoms with Crippen molar-refractivity contribution in [3.63, 3.8) is 0 Å². The van der Waals surface area contributed by atoms with Gasteiger partial charge in [0.05, 0.1) is 18.0 Å². The molecule has 4 N–H and O–H groups in total. The van der Waals surface area contributed by atoms with E-state index in [2.05, 4.69) is 6.92 Å². The molecule has 18 heavy (non-hydrogen) atoms. The van der Waals surface area contributed by atoms with Gasteiger partial charge in [0.2, 0.25) is 0 Å². The van der Waals surface area contributed by atoms with Crippen LogP contribution in [0.4, 0.5) is 15.8 Å². The fraction of sp³-hybridized carbons (Fsp3) is 0.538. The van der Waals surface area contributed by atoms with E-state index < -0.39 is 5.82 Å². The Kier molecular flexibility index (Phi) is 6.05. The Labute approximate surface area is 112 Å². The van der Waals surface area contributed by atoms with Crippen molar-refractivity contribution >= 4 is 23.0 Å². The molecule has 3 nitrogen and oxygen atoms in total. The van der Waals surface area contributed by atoms with Crippen molar-refractivity contribution in [1.82, 2.24) is 0 Å². The van der Waals surface area contributed by atoms with Gasteiger partial charge in [-0.1, -0.05) is 44.2 Å². The zero-order chi connectivity index (χ0) is 13.5. The third-order valence-corrected chi connectivity index (χ3v) is 3.10. The van der Waals surface area contributed by atoms with Crippen molar-refractivity contribution in [2.45, 2.75) is 39.0 Å². The van der Waals surface area contributed by atoms with Crippen LogP contribution in [0.25, 0.3) is 0 Å². The molecule has 1 aromatic rings. The van der Waals surface area contributed by atoms with E-state index in [0.717, 1.165) is 12.8 Å². The van der Waals surface area contributed by atoms with Crippen molar-refractivity contribution in [1.29, 1.82) is 0 Å². The predicted octanol–water partition coefficient (Wildman–Crippen LogP) is 3.99. The number of hydrogen-bond acceptors (Lipinski definition) is 3. The highest BCUT2D eigenvalue weighted by molar-refractivity contribution is 6.33. The smallest absolute Gasteiger partial charge is 0.187 e. The molecule has 0 saturated heterocycles. The van der Waals surface area contributed by atoms with Gasteiger partial charge in [0, 0.05) is 0 Å². The summed E-state index contributed by atoms with van der Waals surface area (Å²) in [7, 11) is 0. The molecule has 0 unspecified atom stereocenters. The average Bonchev–Trinajstić information content (AvgIpc) is 2.34. The van der Waals surface area contributed by atoms with Crippen LogP contribution < -0.4 is 16.2 Å². The molecule has 102 valence electrons. The lowest BCUT2D eigenvalue weighted by Gasteiger charge is -2.12. The van der Waals surface area contributed by atoms with Crippen molar-refractivity contribution in [3.05, 3.63) is 16.9 Å². The van der Waals surface area contributed by atoms with Crippen molar-refractivity contribution < 1.29 is 9.13 Å². The van der Waals surface area contributed by atoms with Crippen LogP contribution in [0, 0.1) is 5.82 Å². The number of unbranched alkanes of at least 4 members (excludes halogenated alkanes) is 4. The molecule has 0 bridgehead atoms. The van der Waals surface area contributed by atoms with Crippen LogP contribution in [0.1, 0.15) is 39.0 Å². The zero-order valence-corrected chi connectivity index (χ0v) is 11.4. The molecule has 5 heteroatoms. The molecule has 0 radical (unpaired) electrons. The number of ether oxygens (including phenoxy) is 1. The first-order valence-electron chi connectivity index (χ1n) is 6.23. The monoisotopic (exact) mass is 274 g/mol. The van der Waals surface area contributed by atoms with Crippen molar-refractivity contribution in [2.75, 3.05) is 18.1 Å². The minimum atomic E-state index is -0.678. The zero-order valence-electron chi connectivity index (χ0n) is 10.6. The van der Waals surface area contributed by atoms with E-state index in [-0.39, 0.29) is 22.1 Å². The van der Waals surface area contributed by atoms with Crippen LogP contribution in [0.5, 0.6) is 5.75 Å². The summed E-state index contributed by atoms with van der Waals surface area (Å²) in [6.45, 7) is 2.59. The van der Waals surface area contributed by atoms with Crippen LogP contribution in [-0.4, -0.2) is 6.61 Å². The van der Waals surface area contributed by atoms with Gasteiger partial charge >= 0.3 is 0 Å². The minimum Gasteiger partial charge on any atom is -0.488 e. The molecule has 0 atom stereocenters. The lowest BCUT2D eigenvalue weighted by molar-refractivity contribution is 0.292. The van der Waals surface area contributed by atoms with Gasteiger partial charge in [-0.25, -0.2) is 4.39 Å². The number of halogens is 2. The van der Waals surface area contributed by atoms with E-state index in [0.29, 0.717) is 6.61 Å². The van der Waals surface area contributed by atoms with E-state index in [1.54, 1.807) is 0 Å². The second-order valence-corrected chi connectivity index (χ2v) is 4.65. The van der Waals surface area contributed by atoms with E-state index >= 15 is 0 Å². The SMILES string of the molecule is CCCCCCCOc1c(N)cc(N)c(Cl)c1F. The summed E-state index contributed by atoms with van der Waals surface area (Å²) >= 11 is 5.70. The third-order valence-electron chi connectivity index (χ3n) is 2.71.